The van der Waals surface area contributed by atoms with Crippen LogP contribution in [0.25, 0.3) is 5.69 Å². The Labute approximate surface area is 144 Å². The third-order valence-corrected chi connectivity index (χ3v) is 3.45. The Kier molecular flexibility index (Phi) is 5.10. The van der Waals surface area contributed by atoms with Gasteiger partial charge in [-0.3, -0.25) is 4.79 Å². The first kappa shape index (κ1) is 16.3. The number of anilines is 1. The molecule has 3 aromatic rings. The molecule has 1 aromatic heterocycles. The maximum Gasteiger partial charge on any atom is 0.259 e. The van der Waals surface area contributed by atoms with E-state index in [9.17, 15) is 4.79 Å². The molecule has 0 bridgehead atoms. The Morgan fingerprint density at radius 2 is 2.00 bits per heavy atom. The topological polar surface area (TPSA) is 97.1 Å². The molecule has 2 N–H and O–H groups in total. The molecule has 1 amide bonds. The van der Waals surface area contributed by atoms with E-state index in [-0.39, 0.29) is 12.5 Å². The van der Waals surface area contributed by atoms with Gasteiger partial charge in [0.2, 0.25) is 0 Å². The van der Waals surface area contributed by atoms with E-state index in [4.69, 9.17) is 0 Å². The molecule has 126 valence electrons. The summed E-state index contributed by atoms with van der Waals surface area (Å²) >= 11 is 0. The quantitative estimate of drug-likeness (QED) is 0.527. The summed E-state index contributed by atoms with van der Waals surface area (Å²) in [5.41, 5.74) is 5.79. The summed E-state index contributed by atoms with van der Waals surface area (Å²) in [5.74, 6) is -0.222. The minimum absolute atomic E-state index is 0.144. The van der Waals surface area contributed by atoms with Gasteiger partial charge in [-0.25, -0.2) is 10.1 Å². The van der Waals surface area contributed by atoms with Crippen molar-refractivity contribution in [2.24, 2.45) is 5.10 Å². The number of tetrazole rings is 1. The Bertz CT molecular complexity index is 860. The van der Waals surface area contributed by atoms with E-state index < -0.39 is 0 Å². The minimum atomic E-state index is -0.222. The average Bonchev–Trinajstić information content (AvgIpc) is 3.20. The summed E-state index contributed by atoms with van der Waals surface area (Å²) in [6.45, 7) is 1.97. The number of nitrogens with one attached hydrogen (secondary N) is 2. The third kappa shape index (κ3) is 4.47. The molecular formula is C17H17N7O. The molecule has 8 heteroatoms. The molecule has 3 rings (SSSR count). The lowest BCUT2D eigenvalue weighted by molar-refractivity contribution is -0.119. The lowest BCUT2D eigenvalue weighted by atomic mass is 10.1. The van der Waals surface area contributed by atoms with E-state index >= 15 is 0 Å². The Balaban J connectivity index is 1.60. The number of hydrazone groups is 1. The molecular weight excluding hydrogens is 318 g/mol. The van der Waals surface area contributed by atoms with Crippen molar-refractivity contribution >= 4 is 17.3 Å². The van der Waals surface area contributed by atoms with Crippen LogP contribution in [0.5, 0.6) is 0 Å². The fourth-order valence-corrected chi connectivity index (χ4v) is 2.14. The second kappa shape index (κ2) is 7.82. The molecule has 0 atom stereocenters. The van der Waals surface area contributed by atoms with Gasteiger partial charge in [0.1, 0.15) is 6.33 Å². The number of rotatable bonds is 6. The average molecular weight is 335 g/mol. The highest BCUT2D eigenvalue weighted by molar-refractivity contribution is 5.99. The van der Waals surface area contributed by atoms with Crippen molar-refractivity contribution in [3.05, 3.63) is 66.5 Å². The van der Waals surface area contributed by atoms with Gasteiger partial charge in [0.05, 0.1) is 17.9 Å². The smallest absolute Gasteiger partial charge is 0.259 e. The van der Waals surface area contributed by atoms with E-state index in [0.29, 0.717) is 5.71 Å². The highest BCUT2D eigenvalue weighted by atomic mass is 16.2. The molecule has 0 spiro atoms. The van der Waals surface area contributed by atoms with Crippen molar-refractivity contribution in [2.75, 3.05) is 11.9 Å². The maximum absolute atomic E-state index is 11.9. The molecule has 0 aliphatic carbocycles. The van der Waals surface area contributed by atoms with Crippen LogP contribution in [0.2, 0.25) is 0 Å². The number of aromatic nitrogens is 4. The van der Waals surface area contributed by atoms with Crippen molar-refractivity contribution in [1.82, 2.24) is 25.6 Å². The van der Waals surface area contributed by atoms with E-state index in [0.717, 1.165) is 16.9 Å². The number of carbonyl (C=O) groups excluding carboxylic acids is 1. The molecule has 1 heterocycles. The van der Waals surface area contributed by atoms with E-state index in [1.165, 1.54) is 6.33 Å². The fourth-order valence-electron chi connectivity index (χ4n) is 2.14. The second-order valence-electron chi connectivity index (χ2n) is 5.26. The number of amides is 1. The molecule has 0 saturated carbocycles. The zero-order valence-corrected chi connectivity index (χ0v) is 13.6. The van der Waals surface area contributed by atoms with Crippen LogP contribution in [-0.2, 0) is 4.79 Å². The summed E-state index contributed by atoms with van der Waals surface area (Å²) in [5, 5.41) is 18.3. The molecule has 8 nitrogen and oxygen atoms in total. The standard InChI is InChI=1S/C17H17N7O/c1-13(14-6-5-9-16(10-14)24-12-19-22-23-24)20-21-17(25)11-18-15-7-3-2-4-8-15/h2-10,12,18H,11H2,1H3,(H,21,25)/b20-13+. The number of benzene rings is 2. The van der Waals surface area contributed by atoms with Crippen LogP contribution in [0.1, 0.15) is 12.5 Å². The summed E-state index contributed by atoms with van der Waals surface area (Å²) in [7, 11) is 0. The van der Waals surface area contributed by atoms with Crippen molar-refractivity contribution in [3.63, 3.8) is 0 Å². The van der Waals surface area contributed by atoms with Gasteiger partial charge in [-0.2, -0.15) is 5.10 Å². The van der Waals surface area contributed by atoms with Gasteiger partial charge in [-0.15, -0.1) is 5.10 Å². The van der Waals surface area contributed by atoms with E-state index in [1.54, 1.807) is 4.68 Å². The zero-order chi connectivity index (χ0) is 17.5. The lowest BCUT2D eigenvalue weighted by Crippen LogP contribution is -2.26. The van der Waals surface area contributed by atoms with Gasteiger partial charge in [0.25, 0.3) is 5.91 Å². The molecule has 0 aliphatic heterocycles. The summed E-state index contributed by atoms with van der Waals surface area (Å²) < 4.78 is 1.55. The van der Waals surface area contributed by atoms with Gasteiger partial charge in [0.15, 0.2) is 0 Å². The van der Waals surface area contributed by atoms with Gasteiger partial charge in [-0.1, -0.05) is 30.3 Å². The van der Waals surface area contributed by atoms with E-state index in [2.05, 4.69) is 31.4 Å². The Morgan fingerprint density at radius 3 is 2.76 bits per heavy atom. The van der Waals surface area contributed by atoms with Crippen molar-refractivity contribution in [3.8, 4) is 5.69 Å². The summed E-state index contributed by atoms with van der Waals surface area (Å²) in [6.07, 6.45) is 1.52. The first-order chi connectivity index (χ1) is 12.2. The van der Waals surface area contributed by atoms with Gasteiger partial charge >= 0.3 is 0 Å². The molecule has 0 saturated heterocycles. The van der Waals surface area contributed by atoms with Crippen LogP contribution in [-0.4, -0.2) is 38.4 Å². The lowest BCUT2D eigenvalue weighted by Gasteiger charge is -2.07. The first-order valence-corrected chi connectivity index (χ1v) is 7.68. The molecule has 0 fully saturated rings. The Morgan fingerprint density at radius 1 is 1.16 bits per heavy atom. The van der Waals surface area contributed by atoms with Crippen LogP contribution < -0.4 is 10.7 Å². The predicted molar refractivity (Wildman–Crippen MR) is 94.4 cm³/mol. The SMILES string of the molecule is C/C(=N\NC(=O)CNc1ccccc1)c1cccc(-n2cnnn2)c1. The monoisotopic (exact) mass is 335 g/mol. The summed E-state index contributed by atoms with van der Waals surface area (Å²) in [6, 6.07) is 17.1. The number of hydrogen-bond donors (Lipinski definition) is 2. The van der Waals surface area contributed by atoms with Gasteiger partial charge < -0.3 is 5.32 Å². The van der Waals surface area contributed by atoms with Crippen LogP contribution in [0, 0.1) is 0 Å². The summed E-state index contributed by atoms with van der Waals surface area (Å²) in [4.78, 5) is 11.9. The van der Waals surface area contributed by atoms with Crippen molar-refractivity contribution in [2.45, 2.75) is 6.92 Å². The van der Waals surface area contributed by atoms with Gasteiger partial charge in [-0.05, 0) is 47.2 Å². The minimum Gasteiger partial charge on any atom is -0.376 e. The molecule has 0 radical (unpaired) electrons. The number of hydrogen-bond acceptors (Lipinski definition) is 6. The maximum atomic E-state index is 11.9. The highest BCUT2D eigenvalue weighted by Crippen LogP contribution is 2.09. The second-order valence-corrected chi connectivity index (χ2v) is 5.26. The zero-order valence-electron chi connectivity index (χ0n) is 13.6. The van der Waals surface area contributed by atoms with Gasteiger partial charge in [0, 0.05) is 5.69 Å². The molecule has 0 aliphatic rings. The number of para-hydroxylation sites is 1. The largest absolute Gasteiger partial charge is 0.376 e. The van der Waals surface area contributed by atoms with E-state index in [1.807, 2.05) is 61.5 Å². The van der Waals surface area contributed by atoms with Crippen LogP contribution >= 0.6 is 0 Å². The molecule has 0 unspecified atom stereocenters. The predicted octanol–water partition coefficient (Wildman–Crippen LogP) is 1.61. The highest BCUT2D eigenvalue weighted by Gasteiger charge is 2.04. The van der Waals surface area contributed by atoms with Crippen LogP contribution in [0.3, 0.4) is 0 Å². The van der Waals surface area contributed by atoms with Crippen LogP contribution in [0.4, 0.5) is 5.69 Å². The normalized spacial score (nSPS) is 11.2. The first-order valence-electron chi connectivity index (χ1n) is 7.68. The molecule has 2 aromatic carbocycles. The van der Waals surface area contributed by atoms with Crippen molar-refractivity contribution in [1.29, 1.82) is 0 Å². The number of nitrogens with zero attached hydrogens (tertiary/aromatic N) is 5. The number of carbonyl (C=O) groups is 1. The third-order valence-electron chi connectivity index (χ3n) is 3.45. The Hall–Kier alpha value is -3.55. The van der Waals surface area contributed by atoms with Crippen LogP contribution in [0.15, 0.2) is 66.0 Å². The fraction of sp³-hybridized carbons (Fsp3) is 0.118. The molecule has 25 heavy (non-hydrogen) atoms. The van der Waals surface area contributed by atoms with Crippen molar-refractivity contribution < 1.29 is 4.79 Å².